The maximum Gasteiger partial charge on any atom is 0.254 e. The summed E-state index contributed by atoms with van der Waals surface area (Å²) in [4.78, 5) is 26.6. The number of nitrogens with zero attached hydrogens (tertiary/aromatic N) is 2. The largest absolute Gasteiger partial charge is 0.334 e. The van der Waals surface area contributed by atoms with Gasteiger partial charge in [0.25, 0.3) is 5.91 Å². The molecule has 0 saturated carbocycles. The van der Waals surface area contributed by atoms with Crippen LogP contribution in [0.3, 0.4) is 0 Å². The van der Waals surface area contributed by atoms with E-state index in [9.17, 15) is 9.59 Å². The molecule has 5 heteroatoms. The van der Waals surface area contributed by atoms with E-state index in [1.807, 2.05) is 59.5 Å². The quantitative estimate of drug-likeness (QED) is 0.922. The Labute approximate surface area is 140 Å². The Bertz CT molecular complexity index is 830. The lowest BCUT2D eigenvalue weighted by atomic mass is 9.91. The Morgan fingerprint density at radius 3 is 2.50 bits per heavy atom. The molecule has 2 aliphatic rings. The number of fused-ring (bicyclic) bond motifs is 3. The minimum absolute atomic E-state index is 0.0148. The first kappa shape index (κ1) is 14.6. The second-order valence-electron chi connectivity index (χ2n) is 6.15. The molecule has 2 aromatic rings. The minimum atomic E-state index is -0.102. The molecule has 4 rings (SSSR count). The van der Waals surface area contributed by atoms with Gasteiger partial charge in [-0.2, -0.15) is 5.10 Å². The summed E-state index contributed by atoms with van der Waals surface area (Å²) in [7, 11) is 0. The Kier molecular flexibility index (Phi) is 3.61. The highest BCUT2D eigenvalue weighted by Gasteiger charge is 2.35. The number of hydrogen-bond acceptors (Lipinski definition) is 3. The van der Waals surface area contributed by atoms with Crippen LogP contribution < -0.4 is 5.43 Å². The molecule has 2 aromatic carbocycles. The van der Waals surface area contributed by atoms with Crippen LogP contribution in [-0.2, 0) is 11.3 Å². The van der Waals surface area contributed by atoms with Crippen LogP contribution in [0.25, 0.3) is 0 Å². The molecule has 5 nitrogen and oxygen atoms in total. The van der Waals surface area contributed by atoms with Crippen LogP contribution in [0.4, 0.5) is 0 Å². The molecule has 120 valence electrons. The van der Waals surface area contributed by atoms with Gasteiger partial charge >= 0.3 is 0 Å². The van der Waals surface area contributed by atoms with E-state index in [-0.39, 0.29) is 17.7 Å². The summed E-state index contributed by atoms with van der Waals surface area (Å²) in [5.74, 6) is -0.190. The topological polar surface area (TPSA) is 61.8 Å². The number of nitrogens with one attached hydrogen (secondary N) is 1. The lowest BCUT2D eigenvalue weighted by molar-refractivity contribution is -0.122. The normalized spacial score (nSPS) is 19.8. The molecule has 1 atom stereocenters. The van der Waals surface area contributed by atoms with Gasteiger partial charge < -0.3 is 4.90 Å². The van der Waals surface area contributed by atoms with Gasteiger partial charge in [-0.25, -0.2) is 5.43 Å². The van der Waals surface area contributed by atoms with Crippen LogP contribution >= 0.6 is 0 Å². The van der Waals surface area contributed by atoms with Crippen molar-refractivity contribution in [3.05, 3.63) is 71.3 Å². The lowest BCUT2D eigenvalue weighted by Crippen LogP contribution is -2.39. The van der Waals surface area contributed by atoms with Crippen molar-refractivity contribution < 1.29 is 9.59 Å². The summed E-state index contributed by atoms with van der Waals surface area (Å²) in [6, 6.07) is 17.4. The Hall–Kier alpha value is -2.95. The first-order chi connectivity index (χ1) is 11.7. The highest BCUT2D eigenvalue weighted by Crippen LogP contribution is 2.27. The summed E-state index contributed by atoms with van der Waals surface area (Å²) in [5.41, 5.74) is 5.89. The molecule has 24 heavy (non-hydrogen) atoms. The van der Waals surface area contributed by atoms with Crippen LogP contribution in [0.2, 0.25) is 0 Å². The molecule has 0 aromatic heterocycles. The molecule has 0 radical (unpaired) electrons. The van der Waals surface area contributed by atoms with Crippen LogP contribution in [0, 0.1) is 5.92 Å². The molecule has 1 unspecified atom stereocenters. The van der Waals surface area contributed by atoms with Crippen molar-refractivity contribution in [1.82, 2.24) is 10.3 Å². The number of rotatable bonds is 2. The minimum Gasteiger partial charge on any atom is -0.334 e. The maximum atomic E-state index is 13.0. The smallest absolute Gasteiger partial charge is 0.254 e. The van der Waals surface area contributed by atoms with Crippen molar-refractivity contribution in [2.75, 3.05) is 6.54 Å². The maximum absolute atomic E-state index is 13.0. The first-order valence-corrected chi connectivity index (χ1v) is 8.01. The monoisotopic (exact) mass is 319 g/mol. The van der Waals surface area contributed by atoms with Crippen molar-refractivity contribution >= 4 is 17.5 Å². The number of amides is 2. The summed E-state index contributed by atoms with van der Waals surface area (Å²) < 4.78 is 0. The average molecular weight is 319 g/mol. The first-order valence-electron chi connectivity index (χ1n) is 8.01. The van der Waals surface area contributed by atoms with Crippen LogP contribution in [0.15, 0.2) is 59.7 Å². The summed E-state index contributed by atoms with van der Waals surface area (Å²) in [5, 5.41) is 4.25. The van der Waals surface area contributed by atoms with Crippen molar-refractivity contribution in [2.24, 2.45) is 11.0 Å². The fourth-order valence-electron chi connectivity index (χ4n) is 3.36. The number of carbonyl (C=O) groups is 2. The van der Waals surface area contributed by atoms with E-state index in [1.165, 1.54) is 0 Å². The van der Waals surface area contributed by atoms with Gasteiger partial charge in [0.2, 0.25) is 5.91 Å². The van der Waals surface area contributed by atoms with E-state index in [0.717, 1.165) is 16.8 Å². The van der Waals surface area contributed by atoms with E-state index in [0.29, 0.717) is 25.1 Å². The molecule has 1 N–H and O–H groups in total. The number of hydrogen-bond donors (Lipinski definition) is 1. The molecule has 0 aliphatic carbocycles. The van der Waals surface area contributed by atoms with Crippen LogP contribution in [-0.4, -0.2) is 29.0 Å². The van der Waals surface area contributed by atoms with Gasteiger partial charge in [-0.1, -0.05) is 48.5 Å². The zero-order chi connectivity index (χ0) is 16.5. The molecule has 0 fully saturated rings. The van der Waals surface area contributed by atoms with Gasteiger partial charge in [-0.3, -0.25) is 9.59 Å². The lowest BCUT2D eigenvalue weighted by Gasteiger charge is -2.26. The number of benzene rings is 2. The fraction of sp³-hybridized carbons (Fsp3) is 0.211. The molecular formula is C19H17N3O2. The second-order valence-corrected chi connectivity index (χ2v) is 6.15. The number of carbonyl (C=O) groups excluding carboxylic acids is 2. The highest BCUT2D eigenvalue weighted by atomic mass is 16.2. The summed E-state index contributed by atoms with van der Waals surface area (Å²) >= 11 is 0. The Morgan fingerprint density at radius 2 is 1.71 bits per heavy atom. The van der Waals surface area contributed by atoms with Gasteiger partial charge in [0, 0.05) is 36.6 Å². The van der Waals surface area contributed by atoms with Crippen molar-refractivity contribution in [3.63, 3.8) is 0 Å². The van der Waals surface area contributed by atoms with Gasteiger partial charge in [0.05, 0.1) is 5.71 Å². The van der Waals surface area contributed by atoms with E-state index < -0.39 is 0 Å². The molecule has 0 spiro atoms. The van der Waals surface area contributed by atoms with Gasteiger partial charge in [0.1, 0.15) is 0 Å². The van der Waals surface area contributed by atoms with Crippen molar-refractivity contribution in [2.45, 2.75) is 13.0 Å². The Morgan fingerprint density at radius 1 is 1.00 bits per heavy atom. The van der Waals surface area contributed by atoms with E-state index in [1.54, 1.807) is 0 Å². The zero-order valence-corrected chi connectivity index (χ0v) is 13.1. The van der Waals surface area contributed by atoms with Crippen LogP contribution in [0.1, 0.15) is 27.9 Å². The molecule has 2 amide bonds. The predicted molar refractivity (Wildman–Crippen MR) is 90.4 cm³/mol. The summed E-state index contributed by atoms with van der Waals surface area (Å²) in [6.45, 7) is 1.02. The standard InChI is InChI=1S/C19H17N3O2/c23-17-10-14-12-22(11-13-6-2-1-3-7-13)19(24)16-9-5-4-8-15(16)18(14)21-20-17/h1-9,14H,10-12H2,(H,20,23). The molecule has 2 aliphatic heterocycles. The van der Waals surface area contributed by atoms with Crippen LogP contribution in [0.5, 0.6) is 0 Å². The SMILES string of the molecule is O=C1CC2CN(Cc3ccccc3)C(=O)c3ccccc3C2=NN1. The third-order valence-corrected chi connectivity index (χ3v) is 4.50. The summed E-state index contributed by atoms with van der Waals surface area (Å²) in [6.07, 6.45) is 0.353. The highest BCUT2D eigenvalue weighted by molar-refractivity contribution is 6.14. The third-order valence-electron chi connectivity index (χ3n) is 4.50. The van der Waals surface area contributed by atoms with E-state index >= 15 is 0 Å². The van der Waals surface area contributed by atoms with Crippen molar-refractivity contribution in [1.29, 1.82) is 0 Å². The Balaban J connectivity index is 1.76. The number of hydrazone groups is 1. The third kappa shape index (κ3) is 2.58. The molecular weight excluding hydrogens is 302 g/mol. The predicted octanol–water partition coefficient (Wildman–Crippen LogP) is 2.18. The zero-order valence-electron chi connectivity index (χ0n) is 13.1. The van der Waals surface area contributed by atoms with Gasteiger partial charge in [0.15, 0.2) is 0 Å². The molecule has 0 bridgehead atoms. The average Bonchev–Trinajstić information content (AvgIpc) is 2.72. The molecule has 2 heterocycles. The van der Waals surface area contributed by atoms with E-state index in [2.05, 4.69) is 10.5 Å². The van der Waals surface area contributed by atoms with Crippen molar-refractivity contribution in [3.8, 4) is 0 Å². The van der Waals surface area contributed by atoms with Gasteiger partial charge in [-0.05, 0) is 11.6 Å². The van der Waals surface area contributed by atoms with Gasteiger partial charge in [-0.15, -0.1) is 0 Å². The van der Waals surface area contributed by atoms with E-state index in [4.69, 9.17) is 0 Å². The molecule has 0 saturated heterocycles. The second kappa shape index (κ2) is 5.92. The fourth-order valence-corrected chi connectivity index (χ4v) is 3.36.